The highest BCUT2D eigenvalue weighted by atomic mass is 16.6. The molecular formula is C74H128O6. The standard InChI is InChI=1S/C74H128O6/c1-4-7-10-13-16-19-22-25-27-28-29-30-31-32-33-34-35-36-37-38-39-40-41-42-43-44-45-47-49-52-55-58-61-64-67-73(76)79-70-71(69-78-72(75)66-63-60-57-54-51-48-24-21-18-15-12-9-6-3)80-74(77)68-65-62-59-56-53-50-46-26-23-20-17-14-11-8-5-2/h8-9,11-12,17-18,20-21,26,46,48,51,53,56-57,60,71H,4-7,10,13-16,19,22-25,27-45,47,49-50,52,54-55,58-59,61-70H2,1-3H3/b11-8-,12-9-,20-17-,21-18-,46-26-,51-48-,56-53-,60-57-. The maximum atomic E-state index is 12.9. The lowest BCUT2D eigenvalue weighted by Crippen LogP contribution is -2.30. The van der Waals surface area contributed by atoms with Crippen molar-refractivity contribution >= 4 is 17.9 Å². The Labute approximate surface area is 496 Å². The summed E-state index contributed by atoms with van der Waals surface area (Å²) in [6.07, 6.45) is 92.0. The van der Waals surface area contributed by atoms with Gasteiger partial charge >= 0.3 is 17.9 Å². The van der Waals surface area contributed by atoms with Crippen molar-refractivity contribution < 1.29 is 28.6 Å². The van der Waals surface area contributed by atoms with Gasteiger partial charge in [-0.3, -0.25) is 14.4 Å². The van der Waals surface area contributed by atoms with Crippen LogP contribution in [0.1, 0.15) is 335 Å². The van der Waals surface area contributed by atoms with Crippen molar-refractivity contribution in [3.8, 4) is 0 Å². The largest absolute Gasteiger partial charge is 0.462 e. The van der Waals surface area contributed by atoms with Crippen molar-refractivity contribution in [2.24, 2.45) is 0 Å². The minimum Gasteiger partial charge on any atom is -0.462 e. The summed E-state index contributed by atoms with van der Waals surface area (Å²) in [5, 5.41) is 0. The van der Waals surface area contributed by atoms with E-state index < -0.39 is 6.10 Å². The fourth-order valence-electron chi connectivity index (χ4n) is 9.80. The summed E-state index contributed by atoms with van der Waals surface area (Å²) in [5.74, 6) is -1.03. The van der Waals surface area contributed by atoms with Crippen LogP contribution in [0.25, 0.3) is 0 Å². The summed E-state index contributed by atoms with van der Waals surface area (Å²) in [7, 11) is 0. The molecule has 0 bridgehead atoms. The van der Waals surface area contributed by atoms with Crippen LogP contribution >= 0.6 is 0 Å². The fourth-order valence-corrected chi connectivity index (χ4v) is 9.80. The van der Waals surface area contributed by atoms with Crippen molar-refractivity contribution in [3.63, 3.8) is 0 Å². The van der Waals surface area contributed by atoms with Crippen molar-refractivity contribution in [1.29, 1.82) is 0 Å². The zero-order chi connectivity index (χ0) is 57.8. The van der Waals surface area contributed by atoms with Crippen LogP contribution in [0.5, 0.6) is 0 Å². The van der Waals surface area contributed by atoms with E-state index in [0.717, 1.165) is 83.5 Å². The third-order valence-corrected chi connectivity index (χ3v) is 14.8. The van der Waals surface area contributed by atoms with E-state index in [9.17, 15) is 14.4 Å². The highest BCUT2D eigenvalue weighted by molar-refractivity contribution is 5.71. The molecule has 1 atom stereocenters. The molecule has 80 heavy (non-hydrogen) atoms. The Morgan fingerprint density at radius 1 is 0.263 bits per heavy atom. The number of esters is 3. The minimum atomic E-state index is -0.829. The second-order valence-electron chi connectivity index (χ2n) is 22.7. The van der Waals surface area contributed by atoms with E-state index in [1.54, 1.807) is 0 Å². The van der Waals surface area contributed by atoms with E-state index in [1.165, 1.54) is 199 Å². The van der Waals surface area contributed by atoms with Gasteiger partial charge in [-0.15, -0.1) is 0 Å². The summed E-state index contributed by atoms with van der Waals surface area (Å²) in [5.41, 5.74) is 0. The molecule has 0 aliphatic carbocycles. The Kier molecular flexibility index (Phi) is 64.7. The number of ether oxygens (including phenoxy) is 3. The van der Waals surface area contributed by atoms with Gasteiger partial charge in [0.2, 0.25) is 0 Å². The third-order valence-electron chi connectivity index (χ3n) is 14.8. The third kappa shape index (κ3) is 65.1. The first-order valence-corrected chi connectivity index (χ1v) is 34.2. The Balaban J connectivity index is 4.14. The number of hydrogen-bond acceptors (Lipinski definition) is 6. The van der Waals surface area contributed by atoms with Crippen LogP contribution in [0, 0.1) is 0 Å². The highest BCUT2D eigenvalue weighted by Crippen LogP contribution is 2.18. The first kappa shape index (κ1) is 76.3. The molecule has 0 radical (unpaired) electrons. The number of allylic oxidation sites excluding steroid dienone is 16. The lowest BCUT2D eigenvalue weighted by Gasteiger charge is -2.18. The number of carbonyl (C=O) groups excluding carboxylic acids is 3. The first-order valence-electron chi connectivity index (χ1n) is 34.2. The summed E-state index contributed by atoms with van der Waals surface area (Å²) in [6.45, 7) is 6.34. The molecule has 0 saturated carbocycles. The second-order valence-corrected chi connectivity index (χ2v) is 22.7. The van der Waals surface area contributed by atoms with E-state index in [1.807, 2.05) is 6.08 Å². The maximum Gasteiger partial charge on any atom is 0.306 e. The van der Waals surface area contributed by atoms with Crippen LogP contribution in [0.2, 0.25) is 0 Å². The van der Waals surface area contributed by atoms with Gasteiger partial charge in [-0.1, -0.05) is 330 Å². The Morgan fingerprint density at radius 3 is 0.838 bits per heavy atom. The molecule has 6 heteroatoms. The smallest absolute Gasteiger partial charge is 0.306 e. The average molecular weight is 1110 g/mol. The molecule has 0 aliphatic heterocycles. The van der Waals surface area contributed by atoms with Gasteiger partial charge in [0.05, 0.1) is 0 Å². The van der Waals surface area contributed by atoms with Crippen LogP contribution < -0.4 is 0 Å². The maximum absolute atomic E-state index is 12.9. The SMILES string of the molecule is CC/C=C\C/C=C\C/C=C\C/C=C\CCCCC(=O)OC(COC(=O)CC/C=C\C/C=C\C/C=C\C/C=C\CC)COC(=O)CCCCCCCCCCCCCCCCCCCCCCCCCCCCCCCCCCCC. The Bertz CT molecular complexity index is 1560. The summed E-state index contributed by atoms with van der Waals surface area (Å²) in [4.78, 5) is 38.2. The molecule has 6 nitrogen and oxygen atoms in total. The van der Waals surface area contributed by atoms with Crippen molar-refractivity contribution in [2.45, 2.75) is 341 Å². The minimum absolute atomic E-state index is 0.115. The summed E-state index contributed by atoms with van der Waals surface area (Å²) >= 11 is 0. The molecule has 460 valence electrons. The highest BCUT2D eigenvalue weighted by Gasteiger charge is 2.19. The summed E-state index contributed by atoms with van der Waals surface area (Å²) in [6, 6.07) is 0. The molecule has 0 rings (SSSR count). The van der Waals surface area contributed by atoms with E-state index in [-0.39, 0.29) is 44.0 Å². The lowest BCUT2D eigenvalue weighted by atomic mass is 10.0. The van der Waals surface area contributed by atoms with Gasteiger partial charge in [-0.05, 0) is 83.5 Å². The molecule has 1 unspecified atom stereocenters. The quantitative estimate of drug-likeness (QED) is 0.0261. The Morgan fingerprint density at radius 2 is 0.512 bits per heavy atom. The van der Waals surface area contributed by atoms with Crippen LogP contribution in [0.3, 0.4) is 0 Å². The van der Waals surface area contributed by atoms with E-state index in [0.29, 0.717) is 19.3 Å². The van der Waals surface area contributed by atoms with Gasteiger partial charge in [-0.2, -0.15) is 0 Å². The molecule has 0 spiro atoms. The predicted molar refractivity (Wildman–Crippen MR) is 348 cm³/mol. The Hall–Kier alpha value is -3.67. The van der Waals surface area contributed by atoms with Crippen molar-refractivity contribution in [1.82, 2.24) is 0 Å². The number of rotatable bonds is 62. The molecule has 0 saturated heterocycles. The number of carbonyl (C=O) groups is 3. The van der Waals surface area contributed by atoms with Gasteiger partial charge < -0.3 is 14.2 Å². The summed E-state index contributed by atoms with van der Waals surface area (Å²) < 4.78 is 16.8. The molecule has 0 N–H and O–H groups in total. The average Bonchev–Trinajstić information content (AvgIpc) is 3.46. The molecule has 0 amide bonds. The number of unbranched alkanes of at least 4 members (excludes halogenated alkanes) is 35. The topological polar surface area (TPSA) is 78.9 Å². The lowest BCUT2D eigenvalue weighted by molar-refractivity contribution is -0.166. The van der Waals surface area contributed by atoms with Gasteiger partial charge in [-0.25, -0.2) is 0 Å². The van der Waals surface area contributed by atoms with Gasteiger partial charge in [0.15, 0.2) is 6.10 Å². The molecule has 0 heterocycles. The van der Waals surface area contributed by atoms with E-state index in [4.69, 9.17) is 14.2 Å². The predicted octanol–water partition coefficient (Wildman–Crippen LogP) is 23.6. The fraction of sp³-hybridized carbons (Fsp3) is 0.743. The van der Waals surface area contributed by atoms with Crippen molar-refractivity contribution in [3.05, 3.63) is 97.2 Å². The van der Waals surface area contributed by atoms with Crippen LogP contribution in [-0.4, -0.2) is 37.2 Å². The molecule has 0 aliphatic rings. The number of hydrogen-bond donors (Lipinski definition) is 0. The monoisotopic (exact) mass is 1110 g/mol. The van der Waals surface area contributed by atoms with E-state index >= 15 is 0 Å². The molecular weight excluding hydrogens is 985 g/mol. The molecule has 0 aromatic rings. The second kappa shape index (κ2) is 67.8. The normalized spacial score (nSPS) is 12.7. The molecule has 0 aromatic heterocycles. The zero-order valence-corrected chi connectivity index (χ0v) is 52.8. The van der Waals surface area contributed by atoms with Crippen LogP contribution in [0.4, 0.5) is 0 Å². The van der Waals surface area contributed by atoms with Crippen LogP contribution in [-0.2, 0) is 28.6 Å². The zero-order valence-electron chi connectivity index (χ0n) is 52.8. The van der Waals surface area contributed by atoms with E-state index in [2.05, 4.69) is 112 Å². The first-order chi connectivity index (χ1) is 39.5. The van der Waals surface area contributed by atoms with Gasteiger partial charge in [0.25, 0.3) is 0 Å². The van der Waals surface area contributed by atoms with Gasteiger partial charge in [0, 0.05) is 19.3 Å². The molecule has 0 aromatic carbocycles. The van der Waals surface area contributed by atoms with Gasteiger partial charge in [0.1, 0.15) is 13.2 Å². The molecule has 0 fully saturated rings. The van der Waals surface area contributed by atoms with Crippen LogP contribution in [0.15, 0.2) is 97.2 Å². The van der Waals surface area contributed by atoms with Crippen molar-refractivity contribution in [2.75, 3.05) is 13.2 Å².